The van der Waals surface area contributed by atoms with Crippen LogP contribution in [0.15, 0.2) is 288 Å². The third-order valence-corrected chi connectivity index (χ3v) is 16.2. The van der Waals surface area contributed by atoms with Crippen LogP contribution in [0.1, 0.15) is 79.8 Å². The lowest BCUT2D eigenvalue weighted by Gasteiger charge is -2.42. The number of hydrogen-bond donors (Lipinski definition) is 3. The van der Waals surface area contributed by atoms with Gasteiger partial charge in [-0.15, -0.1) is 0 Å². The van der Waals surface area contributed by atoms with Crippen molar-refractivity contribution in [3.05, 3.63) is 354 Å². The van der Waals surface area contributed by atoms with Gasteiger partial charge in [-0.2, -0.15) is 0 Å². The molecule has 0 aliphatic carbocycles. The molecule has 9 aromatic rings. The van der Waals surface area contributed by atoms with E-state index in [4.69, 9.17) is 45.0 Å². The van der Waals surface area contributed by atoms with Gasteiger partial charge in [-0.1, -0.05) is 318 Å². The summed E-state index contributed by atoms with van der Waals surface area (Å²) < 4.78 is 37.2. The second-order valence-electron chi connectivity index (χ2n) is 21.7. The number of aliphatic hydroxyl groups is 3. The van der Waals surface area contributed by atoms with Crippen molar-refractivity contribution >= 4 is 0 Å². The lowest BCUT2D eigenvalue weighted by molar-refractivity contribution is -0.164. The van der Waals surface area contributed by atoms with Crippen molar-refractivity contribution in [3.63, 3.8) is 0 Å². The molecule has 0 spiro atoms. The molecule has 3 fully saturated rings. The summed E-state index contributed by atoms with van der Waals surface area (Å²) in [6, 6.07) is 87.2. The van der Waals surface area contributed by atoms with Gasteiger partial charge in [0.25, 0.3) is 0 Å². The minimum Gasteiger partial charge on any atom is -0.390 e. The Morgan fingerprint density at radius 1 is 0.277 bits per heavy atom. The van der Waals surface area contributed by atoms with Crippen LogP contribution in [-0.4, -0.2) is 110 Å². The molecule has 488 valence electrons. The third kappa shape index (κ3) is 16.5. The van der Waals surface area contributed by atoms with Crippen LogP contribution in [0.3, 0.4) is 0 Å². The summed E-state index contributed by atoms with van der Waals surface area (Å²) in [5, 5.41) is 43.7. The van der Waals surface area contributed by atoms with Crippen molar-refractivity contribution in [1.82, 2.24) is 0 Å². The molecule has 3 saturated heterocycles. The van der Waals surface area contributed by atoms with Crippen molar-refractivity contribution in [3.8, 4) is 0 Å². The molecule has 3 aliphatic heterocycles. The topological polar surface area (TPSA) is 262 Å². The second kappa shape index (κ2) is 36.1. The highest BCUT2D eigenvalue weighted by Gasteiger charge is 2.47. The van der Waals surface area contributed by atoms with Gasteiger partial charge in [0, 0.05) is 14.7 Å². The summed E-state index contributed by atoms with van der Waals surface area (Å²) in [6.07, 6.45) is -5.00. The highest BCUT2D eigenvalue weighted by Crippen LogP contribution is 2.46. The van der Waals surface area contributed by atoms with E-state index in [0.717, 1.165) is 50.1 Å². The molecular weight excluding hydrogens is 1180 g/mol. The highest BCUT2D eigenvalue weighted by molar-refractivity contribution is 5.50. The maximum atomic E-state index is 10.9. The van der Waals surface area contributed by atoms with E-state index in [1.807, 2.05) is 273 Å². The average Bonchev–Trinajstić information content (AvgIpc) is 0.770. The molecular formula is C76H85N9O9. The van der Waals surface area contributed by atoms with E-state index in [1.165, 1.54) is 0 Å². The number of hydrogen-bond acceptors (Lipinski definition) is 12. The average molecular weight is 1270 g/mol. The Morgan fingerprint density at radius 2 is 0.426 bits per heavy atom. The Hall–Kier alpha value is -9.45. The largest absolute Gasteiger partial charge is 0.390 e. The van der Waals surface area contributed by atoms with Gasteiger partial charge in [0.05, 0.1) is 76.1 Å². The first kappa shape index (κ1) is 73.6. The van der Waals surface area contributed by atoms with E-state index in [-0.39, 0.29) is 69.3 Å². The fourth-order valence-electron chi connectivity index (χ4n) is 11.9. The molecule has 0 unspecified atom stereocenters. The molecule has 94 heavy (non-hydrogen) atoms. The Bertz CT molecular complexity index is 3080. The molecule has 12 rings (SSSR count). The van der Waals surface area contributed by atoms with Crippen LogP contribution in [0.4, 0.5) is 0 Å². The van der Waals surface area contributed by atoms with E-state index < -0.39 is 71.6 Å². The van der Waals surface area contributed by atoms with Crippen LogP contribution in [-0.2, 0) is 45.2 Å². The number of benzene rings is 9. The van der Waals surface area contributed by atoms with E-state index in [2.05, 4.69) is 30.1 Å². The Morgan fingerprint density at radius 3 is 0.564 bits per heavy atom. The monoisotopic (exact) mass is 1270 g/mol. The minimum atomic E-state index is -0.981. The quantitative estimate of drug-likeness (QED) is 0.0319. The Balaban J connectivity index is 0.000000219. The van der Waals surface area contributed by atoms with Gasteiger partial charge >= 0.3 is 0 Å². The number of rotatable bonds is 18. The van der Waals surface area contributed by atoms with Gasteiger partial charge in [0.2, 0.25) is 0 Å². The molecule has 0 aromatic heterocycles. The van der Waals surface area contributed by atoms with Gasteiger partial charge in [-0.05, 0) is 66.7 Å². The molecule has 0 bridgehead atoms. The molecule has 18 nitrogen and oxygen atoms in total. The lowest BCUT2D eigenvalue weighted by atomic mass is 9.79. The number of aliphatic hydroxyl groups excluding tert-OH is 3. The second-order valence-corrected chi connectivity index (χ2v) is 21.7. The van der Waals surface area contributed by atoms with Crippen LogP contribution in [0.2, 0.25) is 0 Å². The summed E-state index contributed by atoms with van der Waals surface area (Å²) in [5.41, 5.74) is 32.0. The summed E-state index contributed by atoms with van der Waals surface area (Å²) in [5.74, 6) is 0. The van der Waals surface area contributed by atoms with Gasteiger partial charge in [0.15, 0.2) is 0 Å². The molecule has 3 heterocycles. The third-order valence-electron chi connectivity index (χ3n) is 16.2. The van der Waals surface area contributed by atoms with Crippen molar-refractivity contribution in [2.24, 2.45) is 15.3 Å². The molecule has 0 radical (unpaired) electrons. The molecule has 9 atom stereocenters. The van der Waals surface area contributed by atoms with Crippen LogP contribution in [0.25, 0.3) is 31.3 Å². The Kier molecular flexibility index (Phi) is 28.3. The van der Waals surface area contributed by atoms with E-state index in [1.54, 1.807) is 0 Å². The number of ether oxygens (including phenoxy) is 6. The van der Waals surface area contributed by atoms with Gasteiger partial charge < -0.3 is 43.7 Å². The molecule has 9 aromatic carbocycles. The first-order valence-electron chi connectivity index (χ1n) is 29.7. The van der Waals surface area contributed by atoms with Crippen LogP contribution in [0.5, 0.6) is 0 Å². The minimum absolute atomic E-state index is 0. The fourth-order valence-corrected chi connectivity index (χ4v) is 11.9. The van der Waals surface area contributed by atoms with Crippen LogP contribution >= 0.6 is 0 Å². The molecule has 3 aliphatic rings. The van der Waals surface area contributed by atoms with Gasteiger partial charge in [0.1, 0.15) is 35.1 Å². The van der Waals surface area contributed by atoms with Crippen molar-refractivity contribution in [1.29, 1.82) is 0 Å². The lowest BCUT2D eigenvalue weighted by Crippen LogP contribution is -2.51. The zero-order chi connectivity index (χ0) is 62.4. The first-order valence-corrected chi connectivity index (χ1v) is 29.7. The SMILES string of the molecule is C.C.C.C.[N-]=[N+]=N[C@@H]1COC[C@@H](OC(c2ccccc2)(c2ccccc2)c2ccccc2)[C@H]1O.[N-]=[N+]=N[C@@H]1COC[C@@H](OC(c2ccccc2)(c2ccccc2)c2ccccc2)[C@H]1O.[N-]=[N+]=N[C@H]1COC[C@H](OC(c2ccccc2)(c2ccccc2)c2ccccc2)[C@@H]1O. The van der Waals surface area contributed by atoms with E-state index >= 15 is 0 Å². The van der Waals surface area contributed by atoms with Gasteiger partial charge in [-0.3, -0.25) is 0 Å². The first-order chi connectivity index (χ1) is 44.3. The molecule has 0 amide bonds. The predicted octanol–water partition coefficient (Wildman–Crippen LogP) is 15.8. The zero-order valence-corrected chi connectivity index (χ0v) is 49.2. The van der Waals surface area contributed by atoms with Gasteiger partial charge in [-0.25, -0.2) is 0 Å². The molecule has 3 N–H and O–H groups in total. The van der Waals surface area contributed by atoms with E-state index in [0.29, 0.717) is 0 Å². The smallest absolute Gasteiger partial charge is 0.144 e. The maximum absolute atomic E-state index is 10.9. The summed E-state index contributed by atoms with van der Waals surface area (Å²) >= 11 is 0. The van der Waals surface area contributed by atoms with Crippen LogP contribution < -0.4 is 0 Å². The fraction of sp³-hybridized carbons (Fsp3) is 0.289. The number of azide groups is 3. The predicted molar refractivity (Wildman–Crippen MR) is 368 cm³/mol. The van der Waals surface area contributed by atoms with E-state index in [9.17, 15) is 15.3 Å². The number of nitrogens with zero attached hydrogens (tertiary/aromatic N) is 9. The molecule has 0 saturated carbocycles. The van der Waals surface area contributed by atoms with Crippen molar-refractivity contribution < 1.29 is 43.7 Å². The standard InChI is InChI=1S/3C24H23N3O3.4CH4/c3*25-27-26-21-16-29-17-22(23(21)28)30-24(18-10-4-1-5-11-18,19-12-6-2-7-13-19)20-14-8-3-9-15-20;;;;/h3*1-15,21-23,28H,16-17H2;4*1H4/t3*21-,22-,23+;;;;/m110..../s1. The van der Waals surface area contributed by atoms with Crippen molar-refractivity contribution in [2.45, 2.75) is 101 Å². The maximum Gasteiger partial charge on any atom is 0.144 e. The summed E-state index contributed by atoms with van der Waals surface area (Å²) in [7, 11) is 0. The molecule has 18 heteroatoms. The zero-order valence-electron chi connectivity index (χ0n) is 49.2. The van der Waals surface area contributed by atoms with Crippen LogP contribution in [0, 0.1) is 0 Å². The summed E-state index contributed by atoms with van der Waals surface area (Å²) in [4.78, 5) is 8.53. The summed E-state index contributed by atoms with van der Waals surface area (Å²) in [6.45, 7) is 1.10. The Labute approximate surface area is 551 Å². The highest BCUT2D eigenvalue weighted by atomic mass is 16.6. The van der Waals surface area contributed by atoms with Crippen molar-refractivity contribution in [2.75, 3.05) is 39.6 Å². The normalized spacial score (nSPS) is 20.6.